The number of hydrogen-bond donors (Lipinski definition) is 1. The minimum absolute atomic E-state index is 0.255. The molecule has 1 aromatic rings. The molecule has 0 radical (unpaired) electrons. The number of nitrogens with zero attached hydrogens (tertiary/aromatic N) is 1. The van der Waals surface area contributed by atoms with Gasteiger partial charge in [0.2, 0.25) is 5.91 Å². The van der Waals surface area contributed by atoms with E-state index in [0.717, 1.165) is 38.0 Å². The predicted octanol–water partition coefficient (Wildman–Crippen LogP) is 2.59. The zero-order valence-electron chi connectivity index (χ0n) is 13.8. The van der Waals surface area contributed by atoms with Crippen LogP contribution in [0.4, 0.5) is 0 Å². The summed E-state index contributed by atoms with van der Waals surface area (Å²) >= 11 is 0. The second-order valence-electron chi connectivity index (χ2n) is 6.64. The van der Waals surface area contributed by atoms with Gasteiger partial charge in [-0.2, -0.15) is 0 Å². The molecule has 1 aliphatic heterocycles. The molecule has 116 valence electrons. The Kier molecular flexibility index (Phi) is 5.04. The van der Waals surface area contributed by atoms with Gasteiger partial charge in [-0.25, -0.2) is 0 Å². The Morgan fingerprint density at radius 1 is 1.33 bits per heavy atom. The summed E-state index contributed by atoms with van der Waals surface area (Å²) in [6, 6.07) is 8.49. The minimum atomic E-state index is -0.444. The normalized spacial score (nSPS) is 19.0. The van der Waals surface area contributed by atoms with Gasteiger partial charge in [-0.3, -0.25) is 4.79 Å². The molecule has 0 spiro atoms. The van der Waals surface area contributed by atoms with Crippen molar-refractivity contribution in [2.24, 2.45) is 5.92 Å². The first-order chi connectivity index (χ1) is 9.98. The minimum Gasteiger partial charge on any atom is -0.342 e. The third kappa shape index (κ3) is 3.46. The lowest BCUT2D eigenvalue weighted by Crippen LogP contribution is -2.42. The summed E-state index contributed by atoms with van der Waals surface area (Å²) in [6.45, 7) is 9.01. The van der Waals surface area contributed by atoms with Crippen molar-refractivity contribution >= 4 is 5.91 Å². The van der Waals surface area contributed by atoms with Crippen LogP contribution in [0.5, 0.6) is 0 Å². The molecule has 1 atom stereocenters. The number of rotatable bonds is 5. The molecule has 21 heavy (non-hydrogen) atoms. The number of likely N-dealkylation sites (tertiary alicyclic amines) is 1. The van der Waals surface area contributed by atoms with Crippen LogP contribution in [0.1, 0.15) is 38.3 Å². The van der Waals surface area contributed by atoms with Crippen LogP contribution in [0.15, 0.2) is 24.3 Å². The monoisotopic (exact) mass is 288 g/mol. The Labute approximate surface area is 128 Å². The molecule has 1 aromatic carbocycles. The first-order valence-electron chi connectivity index (χ1n) is 8.02. The van der Waals surface area contributed by atoms with E-state index in [1.165, 1.54) is 5.56 Å². The highest BCUT2D eigenvalue weighted by Gasteiger charge is 2.36. The maximum absolute atomic E-state index is 12.9. The summed E-state index contributed by atoms with van der Waals surface area (Å²) in [6.07, 6.45) is 2.14. The number of carbonyl (C=O) groups excluding carboxylic acids is 1. The lowest BCUT2D eigenvalue weighted by atomic mass is 9.82. The van der Waals surface area contributed by atoms with Gasteiger partial charge >= 0.3 is 0 Å². The maximum atomic E-state index is 12.9. The number of amides is 1. The lowest BCUT2D eigenvalue weighted by molar-refractivity contribution is -0.135. The zero-order chi connectivity index (χ0) is 15.5. The fourth-order valence-corrected chi connectivity index (χ4v) is 3.15. The highest BCUT2D eigenvalue weighted by Crippen LogP contribution is 2.29. The first kappa shape index (κ1) is 16.0. The second kappa shape index (κ2) is 6.61. The van der Waals surface area contributed by atoms with E-state index in [4.69, 9.17) is 0 Å². The molecule has 1 N–H and O–H groups in total. The number of nitrogens with one attached hydrogen (secondary N) is 1. The van der Waals surface area contributed by atoms with Crippen LogP contribution in [0.2, 0.25) is 0 Å². The topological polar surface area (TPSA) is 32.3 Å². The smallest absolute Gasteiger partial charge is 0.232 e. The third-order valence-corrected chi connectivity index (χ3v) is 4.68. The summed E-state index contributed by atoms with van der Waals surface area (Å²) in [5, 5.41) is 3.21. The highest BCUT2D eigenvalue weighted by molar-refractivity contribution is 5.87. The van der Waals surface area contributed by atoms with E-state index < -0.39 is 5.41 Å². The van der Waals surface area contributed by atoms with Crippen LogP contribution in [-0.2, 0) is 16.6 Å². The number of hydrogen-bond acceptors (Lipinski definition) is 2. The molecule has 1 aliphatic rings. The van der Waals surface area contributed by atoms with E-state index >= 15 is 0 Å². The molecule has 3 heteroatoms. The van der Waals surface area contributed by atoms with Crippen LogP contribution in [-0.4, -0.2) is 37.5 Å². The van der Waals surface area contributed by atoms with Crippen molar-refractivity contribution in [2.75, 3.05) is 26.7 Å². The van der Waals surface area contributed by atoms with Gasteiger partial charge in [0.15, 0.2) is 0 Å². The predicted molar refractivity (Wildman–Crippen MR) is 87.5 cm³/mol. The van der Waals surface area contributed by atoms with Gasteiger partial charge < -0.3 is 10.2 Å². The van der Waals surface area contributed by atoms with Gasteiger partial charge in [0.25, 0.3) is 0 Å². The van der Waals surface area contributed by atoms with E-state index in [0.29, 0.717) is 5.92 Å². The summed E-state index contributed by atoms with van der Waals surface area (Å²) in [5.74, 6) is 0.850. The highest BCUT2D eigenvalue weighted by atomic mass is 16.2. The molecule has 0 saturated carbocycles. The molecular formula is C18H28N2O. The molecule has 1 fully saturated rings. The summed E-state index contributed by atoms with van der Waals surface area (Å²) < 4.78 is 0. The molecule has 0 aromatic heterocycles. The maximum Gasteiger partial charge on any atom is 0.232 e. The van der Waals surface area contributed by atoms with Crippen LogP contribution in [0.3, 0.4) is 0 Å². The van der Waals surface area contributed by atoms with Crippen LogP contribution in [0.25, 0.3) is 0 Å². The van der Waals surface area contributed by atoms with Gasteiger partial charge in [-0.1, -0.05) is 31.2 Å². The standard InChI is InChI=1S/C18H28N2O/c1-5-14-6-8-16(9-7-14)18(2,3)17(21)20-11-10-15(13-20)12-19-4/h6-9,15,19H,5,10-13H2,1-4H3. The largest absolute Gasteiger partial charge is 0.342 e. The van der Waals surface area contributed by atoms with Crippen molar-refractivity contribution in [1.82, 2.24) is 10.2 Å². The van der Waals surface area contributed by atoms with Gasteiger partial charge in [0.1, 0.15) is 0 Å². The Morgan fingerprint density at radius 2 is 2.00 bits per heavy atom. The summed E-state index contributed by atoms with van der Waals surface area (Å²) in [4.78, 5) is 14.9. The molecule has 1 heterocycles. The zero-order valence-corrected chi connectivity index (χ0v) is 13.8. The lowest BCUT2D eigenvalue weighted by Gasteiger charge is -2.30. The van der Waals surface area contributed by atoms with Crippen LogP contribution >= 0.6 is 0 Å². The van der Waals surface area contributed by atoms with Crippen molar-refractivity contribution in [2.45, 2.75) is 39.0 Å². The van der Waals surface area contributed by atoms with Crippen molar-refractivity contribution in [3.8, 4) is 0 Å². The van der Waals surface area contributed by atoms with E-state index in [2.05, 4.69) is 36.5 Å². The van der Waals surface area contributed by atoms with Gasteiger partial charge in [0, 0.05) is 13.1 Å². The number of carbonyl (C=O) groups is 1. The van der Waals surface area contributed by atoms with Crippen molar-refractivity contribution in [1.29, 1.82) is 0 Å². The van der Waals surface area contributed by atoms with Crippen LogP contribution < -0.4 is 5.32 Å². The average Bonchev–Trinajstić information content (AvgIpc) is 2.95. The van der Waals surface area contributed by atoms with E-state index in [1.807, 2.05) is 25.8 Å². The Balaban J connectivity index is 2.09. The molecule has 2 rings (SSSR count). The SMILES string of the molecule is CCc1ccc(C(C)(C)C(=O)N2CCC(CNC)C2)cc1. The molecule has 0 aliphatic carbocycles. The second-order valence-corrected chi connectivity index (χ2v) is 6.64. The summed E-state index contributed by atoms with van der Waals surface area (Å²) in [7, 11) is 1.98. The summed E-state index contributed by atoms with van der Waals surface area (Å²) in [5.41, 5.74) is 1.99. The van der Waals surface area contributed by atoms with Gasteiger partial charge in [-0.05, 0) is 57.3 Å². The Bertz CT molecular complexity index is 478. The molecule has 3 nitrogen and oxygen atoms in total. The van der Waals surface area contributed by atoms with Crippen molar-refractivity contribution in [3.05, 3.63) is 35.4 Å². The Morgan fingerprint density at radius 3 is 2.57 bits per heavy atom. The van der Waals surface area contributed by atoms with Gasteiger partial charge in [0.05, 0.1) is 5.41 Å². The van der Waals surface area contributed by atoms with E-state index in [1.54, 1.807) is 0 Å². The quantitative estimate of drug-likeness (QED) is 0.903. The fourth-order valence-electron chi connectivity index (χ4n) is 3.15. The fraction of sp³-hybridized carbons (Fsp3) is 0.611. The number of benzene rings is 1. The molecule has 1 unspecified atom stereocenters. The number of aryl methyl sites for hydroxylation is 1. The van der Waals surface area contributed by atoms with Crippen molar-refractivity contribution < 1.29 is 4.79 Å². The van der Waals surface area contributed by atoms with E-state index in [-0.39, 0.29) is 5.91 Å². The van der Waals surface area contributed by atoms with Crippen LogP contribution in [0, 0.1) is 5.92 Å². The van der Waals surface area contributed by atoms with E-state index in [9.17, 15) is 4.79 Å². The molecular weight excluding hydrogens is 260 g/mol. The molecule has 1 saturated heterocycles. The van der Waals surface area contributed by atoms with Crippen molar-refractivity contribution in [3.63, 3.8) is 0 Å². The van der Waals surface area contributed by atoms with Gasteiger partial charge in [-0.15, -0.1) is 0 Å². The first-order valence-corrected chi connectivity index (χ1v) is 8.02. The average molecular weight is 288 g/mol. The third-order valence-electron chi connectivity index (χ3n) is 4.68. The molecule has 1 amide bonds. The Hall–Kier alpha value is -1.35. The molecule has 0 bridgehead atoms.